The number of fused-ring (bicyclic) bond motifs is 2. The highest BCUT2D eigenvalue weighted by Crippen LogP contribution is 2.46. The maximum Gasteiger partial charge on any atom is 0.201 e. The molecule has 1 aliphatic heterocycles. The summed E-state index contributed by atoms with van der Waals surface area (Å²) in [5.74, 6) is -1.35. The van der Waals surface area contributed by atoms with Crippen molar-refractivity contribution >= 4 is 22.5 Å². The molecule has 23 heavy (non-hydrogen) atoms. The van der Waals surface area contributed by atoms with Crippen molar-refractivity contribution in [3.63, 3.8) is 0 Å². The number of allylic oxidation sites excluding steroid dienone is 2. The van der Waals surface area contributed by atoms with E-state index in [2.05, 4.69) is 0 Å². The van der Waals surface area contributed by atoms with Crippen LogP contribution < -0.4 is 0 Å². The van der Waals surface area contributed by atoms with Gasteiger partial charge in [-0.1, -0.05) is 24.3 Å². The van der Waals surface area contributed by atoms with Crippen molar-refractivity contribution in [2.45, 2.75) is 4.90 Å². The minimum absolute atomic E-state index is 0.0325. The van der Waals surface area contributed by atoms with Crippen LogP contribution in [0.2, 0.25) is 0 Å². The number of hydrogen-bond donors (Lipinski definition) is 3. The van der Waals surface area contributed by atoms with Gasteiger partial charge in [0, 0.05) is 11.1 Å². The third-order valence-electron chi connectivity index (χ3n) is 3.99. The van der Waals surface area contributed by atoms with Crippen molar-refractivity contribution in [1.29, 1.82) is 0 Å². The van der Waals surface area contributed by atoms with Crippen LogP contribution in [0.1, 0.15) is 31.8 Å². The van der Waals surface area contributed by atoms with Crippen LogP contribution in [0.4, 0.5) is 0 Å². The van der Waals surface area contributed by atoms with E-state index in [-0.39, 0.29) is 39.5 Å². The van der Waals surface area contributed by atoms with E-state index in [1.54, 1.807) is 6.07 Å². The Labute approximate surface area is 134 Å². The summed E-state index contributed by atoms with van der Waals surface area (Å²) in [5.41, 5.74) is 0.290. The van der Waals surface area contributed by atoms with Gasteiger partial charge in [0.15, 0.2) is 5.78 Å². The molecule has 1 aliphatic carbocycles. The molecule has 0 bridgehead atoms. The van der Waals surface area contributed by atoms with Crippen LogP contribution in [0.3, 0.4) is 0 Å². The average molecular weight is 324 g/mol. The number of benzene rings is 2. The van der Waals surface area contributed by atoms with Crippen LogP contribution in [0.25, 0.3) is 0 Å². The molecule has 0 atom stereocenters. The maximum absolute atomic E-state index is 12.7. The lowest BCUT2D eigenvalue weighted by Gasteiger charge is -2.21. The van der Waals surface area contributed by atoms with Gasteiger partial charge in [0.25, 0.3) is 0 Å². The molecule has 0 aromatic heterocycles. The highest BCUT2D eigenvalue weighted by atomic mass is 32.2. The zero-order valence-electron chi connectivity index (χ0n) is 11.9. The zero-order chi connectivity index (χ0) is 16.1. The van der Waals surface area contributed by atoms with E-state index in [4.69, 9.17) is 0 Å². The summed E-state index contributed by atoms with van der Waals surface area (Å²) in [7, 11) is -0.713. The lowest BCUT2D eigenvalue weighted by atomic mass is 9.83. The van der Waals surface area contributed by atoms with Crippen LogP contribution >= 0.6 is 10.9 Å². The second-order valence-electron chi connectivity index (χ2n) is 5.34. The van der Waals surface area contributed by atoms with E-state index >= 15 is 0 Å². The molecule has 2 aliphatic rings. The third kappa shape index (κ3) is 1.94. The van der Waals surface area contributed by atoms with Crippen molar-refractivity contribution in [3.05, 3.63) is 75.6 Å². The monoisotopic (exact) mass is 324 g/mol. The number of aromatic hydroxyl groups is 2. The van der Waals surface area contributed by atoms with Gasteiger partial charge in [-0.15, -0.1) is 0 Å². The Hall–Kier alpha value is -2.79. The molecular weight excluding hydrogens is 312 g/mol. The highest BCUT2D eigenvalue weighted by Gasteiger charge is 2.34. The maximum atomic E-state index is 12.7. The van der Waals surface area contributed by atoms with Gasteiger partial charge < -0.3 is 10.2 Å². The van der Waals surface area contributed by atoms with Gasteiger partial charge in [0.05, 0.1) is 11.1 Å². The first-order valence-corrected chi connectivity index (χ1v) is 8.47. The van der Waals surface area contributed by atoms with E-state index in [0.29, 0.717) is 0 Å². The molecule has 0 spiro atoms. The van der Waals surface area contributed by atoms with Crippen molar-refractivity contribution in [1.82, 2.24) is 0 Å². The first-order chi connectivity index (χ1) is 11.1. The van der Waals surface area contributed by atoms with E-state index in [1.807, 2.05) is 23.0 Å². The average Bonchev–Trinajstić information content (AvgIpc) is 3.06. The summed E-state index contributed by atoms with van der Waals surface area (Å²) < 4.78 is 0. The van der Waals surface area contributed by atoms with Crippen molar-refractivity contribution in [2.75, 3.05) is 0 Å². The second kappa shape index (κ2) is 4.86. The fourth-order valence-corrected chi connectivity index (χ4v) is 4.49. The Morgan fingerprint density at radius 2 is 1.48 bits per heavy atom. The van der Waals surface area contributed by atoms with Crippen LogP contribution in [-0.2, 0) is 0 Å². The van der Waals surface area contributed by atoms with Gasteiger partial charge in [0.2, 0.25) is 5.78 Å². The quantitative estimate of drug-likeness (QED) is 0.601. The molecule has 4 nitrogen and oxygen atoms in total. The predicted molar refractivity (Wildman–Crippen MR) is 88.6 cm³/mol. The standard InChI is InChI=1S/C18H12O4S/c19-13-5-3-4-11-15(13)18(22)16-12(17(11)21)8-10(9-14(16)20)23-6-1-2-7-23/h1-9,19-20,23H. The number of phenols is 2. The molecule has 4 rings (SSSR count). The van der Waals surface area contributed by atoms with Crippen molar-refractivity contribution in [2.24, 2.45) is 0 Å². The fourth-order valence-electron chi connectivity index (χ4n) is 2.92. The van der Waals surface area contributed by atoms with Crippen molar-refractivity contribution < 1.29 is 19.8 Å². The van der Waals surface area contributed by atoms with Crippen LogP contribution in [0.15, 0.2) is 58.2 Å². The third-order valence-corrected chi connectivity index (χ3v) is 5.83. The smallest absolute Gasteiger partial charge is 0.201 e. The Balaban J connectivity index is 1.96. The summed E-state index contributed by atoms with van der Waals surface area (Å²) in [6.45, 7) is 0. The first kappa shape index (κ1) is 13.8. The van der Waals surface area contributed by atoms with Crippen LogP contribution in [0.5, 0.6) is 11.5 Å². The first-order valence-electron chi connectivity index (χ1n) is 6.99. The van der Waals surface area contributed by atoms with Crippen molar-refractivity contribution in [3.8, 4) is 11.5 Å². The Bertz CT molecular complexity index is 928. The lowest BCUT2D eigenvalue weighted by Crippen LogP contribution is -2.21. The molecule has 0 radical (unpaired) electrons. The number of rotatable bonds is 1. The molecule has 0 saturated heterocycles. The molecule has 0 fully saturated rings. The SMILES string of the molecule is O=C1c2cccc(O)c2C(=O)c2c(O)cc([SH]3C=CC=C3)cc21. The summed E-state index contributed by atoms with van der Waals surface area (Å²) in [5, 5.41) is 24.2. The van der Waals surface area contributed by atoms with Gasteiger partial charge in [-0.05, 0) is 33.9 Å². The van der Waals surface area contributed by atoms with E-state index < -0.39 is 16.7 Å². The Morgan fingerprint density at radius 3 is 2.22 bits per heavy atom. The number of carbonyl (C=O) groups is 2. The molecule has 2 aromatic rings. The summed E-state index contributed by atoms with van der Waals surface area (Å²) in [4.78, 5) is 26.2. The molecule has 0 saturated carbocycles. The molecule has 1 heterocycles. The van der Waals surface area contributed by atoms with Crippen LogP contribution in [0, 0.1) is 0 Å². The van der Waals surface area contributed by atoms with Gasteiger partial charge in [-0.25, -0.2) is 0 Å². The number of phenolic OH excluding ortho intramolecular Hbond substituents is 2. The van der Waals surface area contributed by atoms with Gasteiger partial charge >= 0.3 is 0 Å². The van der Waals surface area contributed by atoms with Crippen LogP contribution in [-0.4, -0.2) is 21.8 Å². The number of thiol groups is 1. The van der Waals surface area contributed by atoms with E-state index in [9.17, 15) is 19.8 Å². The minimum atomic E-state index is -0.713. The summed E-state index contributed by atoms with van der Waals surface area (Å²) in [6.07, 6.45) is 3.84. The molecular formula is C18H12O4S. The second-order valence-corrected chi connectivity index (χ2v) is 7.26. The predicted octanol–water partition coefficient (Wildman–Crippen LogP) is 3.27. The Kier molecular flexibility index (Phi) is 2.92. The zero-order valence-corrected chi connectivity index (χ0v) is 12.7. The molecule has 114 valence electrons. The van der Waals surface area contributed by atoms with Gasteiger partial charge in [-0.2, -0.15) is 10.9 Å². The highest BCUT2D eigenvalue weighted by molar-refractivity contribution is 8.22. The summed E-state index contributed by atoms with van der Waals surface area (Å²) in [6, 6.07) is 7.61. The number of carbonyl (C=O) groups excluding carboxylic acids is 2. The fraction of sp³-hybridized carbons (Fsp3) is 0. The number of ketones is 2. The molecule has 2 aromatic carbocycles. The lowest BCUT2D eigenvalue weighted by molar-refractivity contribution is 0.0974. The van der Waals surface area contributed by atoms with E-state index in [1.165, 1.54) is 24.3 Å². The molecule has 0 unspecified atom stereocenters. The molecule has 2 N–H and O–H groups in total. The van der Waals surface area contributed by atoms with E-state index in [0.717, 1.165) is 4.90 Å². The summed E-state index contributed by atoms with van der Waals surface area (Å²) >= 11 is 0. The largest absolute Gasteiger partial charge is 0.507 e. The van der Waals surface area contributed by atoms with Gasteiger partial charge in [-0.3, -0.25) is 9.59 Å². The normalized spacial score (nSPS) is 16.6. The number of hydrogen-bond acceptors (Lipinski definition) is 4. The minimum Gasteiger partial charge on any atom is -0.507 e. The topological polar surface area (TPSA) is 74.6 Å². The Morgan fingerprint density at radius 1 is 0.783 bits per heavy atom. The molecule has 0 amide bonds. The molecule has 5 heteroatoms. The van der Waals surface area contributed by atoms with Gasteiger partial charge in [0.1, 0.15) is 11.5 Å².